The highest BCUT2D eigenvalue weighted by atomic mass is 35.5. The fraction of sp³-hybridized carbons (Fsp3) is 1.00. The van der Waals surface area contributed by atoms with Gasteiger partial charge in [0, 0.05) is 5.38 Å². The zero-order valence-electron chi connectivity index (χ0n) is 7.86. The first-order chi connectivity index (χ1) is 5.06. The van der Waals surface area contributed by atoms with Gasteiger partial charge in [0.1, 0.15) is 0 Å². The molecule has 2 atom stereocenters. The summed E-state index contributed by atoms with van der Waals surface area (Å²) in [5.74, 6) is 0.846. The Morgan fingerprint density at radius 1 is 1.45 bits per heavy atom. The van der Waals surface area contributed by atoms with E-state index in [1.807, 2.05) is 0 Å². The van der Waals surface area contributed by atoms with E-state index < -0.39 is 0 Å². The van der Waals surface area contributed by atoms with Gasteiger partial charge in [0.2, 0.25) is 0 Å². The van der Waals surface area contributed by atoms with Gasteiger partial charge in [0.05, 0.1) is 0 Å². The Morgan fingerprint density at radius 3 is 2.55 bits per heavy atom. The molecular formula is C10H19Cl. The Morgan fingerprint density at radius 2 is 2.09 bits per heavy atom. The SMILES string of the molecule is CCC1CC(Cl)CCC1(C)C. The summed E-state index contributed by atoms with van der Waals surface area (Å²) in [6, 6.07) is 0. The van der Waals surface area contributed by atoms with E-state index in [1.165, 1.54) is 25.7 Å². The summed E-state index contributed by atoms with van der Waals surface area (Å²) >= 11 is 6.12. The van der Waals surface area contributed by atoms with Crippen molar-refractivity contribution in [3.05, 3.63) is 0 Å². The van der Waals surface area contributed by atoms with Crippen LogP contribution in [0.1, 0.15) is 46.5 Å². The molecule has 1 aliphatic carbocycles. The minimum atomic E-state index is 0.452. The predicted molar refractivity (Wildman–Crippen MR) is 51.1 cm³/mol. The standard InChI is InChI=1S/C10H19Cl/c1-4-8-7-9(11)5-6-10(8,2)3/h8-9H,4-7H2,1-3H3. The number of hydrogen-bond donors (Lipinski definition) is 0. The van der Waals surface area contributed by atoms with E-state index in [-0.39, 0.29) is 0 Å². The fourth-order valence-electron chi connectivity index (χ4n) is 2.20. The summed E-state index contributed by atoms with van der Waals surface area (Å²) in [6.07, 6.45) is 5.03. The molecule has 0 saturated heterocycles. The molecule has 0 aliphatic heterocycles. The van der Waals surface area contributed by atoms with Crippen LogP contribution in [-0.2, 0) is 0 Å². The molecule has 1 saturated carbocycles. The van der Waals surface area contributed by atoms with Crippen LogP contribution in [0.2, 0.25) is 0 Å². The van der Waals surface area contributed by atoms with E-state index >= 15 is 0 Å². The summed E-state index contributed by atoms with van der Waals surface area (Å²) in [4.78, 5) is 0. The lowest BCUT2D eigenvalue weighted by Gasteiger charge is -2.40. The summed E-state index contributed by atoms with van der Waals surface area (Å²) in [5.41, 5.74) is 0.542. The Labute approximate surface area is 75.3 Å². The normalized spacial score (nSPS) is 37.1. The van der Waals surface area contributed by atoms with Gasteiger partial charge >= 0.3 is 0 Å². The number of alkyl halides is 1. The zero-order chi connectivity index (χ0) is 8.48. The molecule has 0 amide bonds. The molecule has 0 aromatic heterocycles. The predicted octanol–water partition coefficient (Wildman–Crippen LogP) is 3.83. The van der Waals surface area contributed by atoms with Crippen LogP contribution < -0.4 is 0 Å². The fourth-order valence-corrected chi connectivity index (χ4v) is 2.52. The van der Waals surface area contributed by atoms with Crippen molar-refractivity contribution in [2.45, 2.75) is 51.8 Å². The average Bonchev–Trinajstić information content (AvgIpc) is 1.94. The first kappa shape index (κ1) is 9.38. The maximum Gasteiger partial charge on any atom is 0.0339 e. The molecule has 0 spiro atoms. The summed E-state index contributed by atoms with van der Waals surface area (Å²) in [5, 5.41) is 0.452. The molecule has 0 radical (unpaired) electrons. The highest BCUT2D eigenvalue weighted by Crippen LogP contribution is 2.43. The van der Waals surface area contributed by atoms with Crippen LogP contribution in [0.5, 0.6) is 0 Å². The molecule has 0 N–H and O–H groups in total. The Balaban J connectivity index is 2.56. The number of rotatable bonds is 1. The van der Waals surface area contributed by atoms with Crippen molar-refractivity contribution in [2.75, 3.05) is 0 Å². The molecule has 1 aliphatic rings. The van der Waals surface area contributed by atoms with E-state index in [9.17, 15) is 0 Å². The van der Waals surface area contributed by atoms with Crippen LogP contribution in [0.25, 0.3) is 0 Å². The maximum atomic E-state index is 6.12. The molecule has 0 aromatic carbocycles. The monoisotopic (exact) mass is 174 g/mol. The van der Waals surface area contributed by atoms with Gasteiger partial charge in [-0.2, -0.15) is 0 Å². The third kappa shape index (κ3) is 2.11. The summed E-state index contributed by atoms with van der Waals surface area (Å²) in [7, 11) is 0. The van der Waals surface area contributed by atoms with Gasteiger partial charge in [0.15, 0.2) is 0 Å². The lowest BCUT2D eigenvalue weighted by molar-refractivity contribution is 0.136. The first-order valence-electron chi connectivity index (χ1n) is 4.70. The van der Waals surface area contributed by atoms with Gasteiger partial charge in [-0.15, -0.1) is 11.6 Å². The largest absolute Gasteiger partial charge is 0.123 e. The molecule has 1 fully saturated rings. The Kier molecular flexibility index (Phi) is 2.85. The van der Waals surface area contributed by atoms with Crippen molar-refractivity contribution < 1.29 is 0 Å². The van der Waals surface area contributed by atoms with E-state index in [0.29, 0.717) is 10.8 Å². The van der Waals surface area contributed by atoms with Crippen LogP contribution in [0.15, 0.2) is 0 Å². The zero-order valence-corrected chi connectivity index (χ0v) is 8.62. The second-order valence-electron chi connectivity index (χ2n) is 4.47. The van der Waals surface area contributed by atoms with Crippen molar-refractivity contribution in [1.29, 1.82) is 0 Å². The lowest BCUT2D eigenvalue weighted by Crippen LogP contribution is -2.31. The highest BCUT2D eigenvalue weighted by Gasteiger charge is 2.34. The quantitative estimate of drug-likeness (QED) is 0.530. The molecule has 1 rings (SSSR count). The second kappa shape index (κ2) is 3.35. The Hall–Kier alpha value is 0.290. The van der Waals surface area contributed by atoms with Crippen LogP contribution in [0.3, 0.4) is 0 Å². The molecule has 0 heterocycles. The van der Waals surface area contributed by atoms with Crippen molar-refractivity contribution in [3.63, 3.8) is 0 Å². The van der Waals surface area contributed by atoms with Crippen molar-refractivity contribution >= 4 is 11.6 Å². The van der Waals surface area contributed by atoms with Gasteiger partial charge in [-0.1, -0.05) is 27.2 Å². The highest BCUT2D eigenvalue weighted by molar-refractivity contribution is 6.20. The number of hydrogen-bond acceptors (Lipinski definition) is 0. The van der Waals surface area contributed by atoms with Gasteiger partial charge in [-0.3, -0.25) is 0 Å². The second-order valence-corrected chi connectivity index (χ2v) is 5.08. The number of halogens is 1. The minimum absolute atomic E-state index is 0.452. The molecule has 1 heteroatoms. The summed E-state index contributed by atoms with van der Waals surface area (Å²) < 4.78 is 0. The third-order valence-corrected chi connectivity index (χ3v) is 3.64. The van der Waals surface area contributed by atoms with Crippen LogP contribution >= 0.6 is 11.6 Å². The van der Waals surface area contributed by atoms with Crippen molar-refractivity contribution in [3.8, 4) is 0 Å². The van der Waals surface area contributed by atoms with Gasteiger partial charge in [-0.05, 0) is 30.6 Å². The average molecular weight is 175 g/mol. The molecule has 11 heavy (non-hydrogen) atoms. The molecule has 2 unspecified atom stereocenters. The van der Waals surface area contributed by atoms with E-state index in [2.05, 4.69) is 20.8 Å². The van der Waals surface area contributed by atoms with Gasteiger partial charge in [-0.25, -0.2) is 0 Å². The first-order valence-corrected chi connectivity index (χ1v) is 5.14. The van der Waals surface area contributed by atoms with Gasteiger partial charge < -0.3 is 0 Å². The van der Waals surface area contributed by atoms with Crippen LogP contribution in [0, 0.1) is 11.3 Å². The Bertz CT molecular complexity index is 129. The van der Waals surface area contributed by atoms with E-state index in [0.717, 1.165) is 5.92 Å². The van der Waals surface area contributed by atoms with Crippen LogP contribution in [0.4, 0.5) is 0 Å². The van der Waals surface area contributed by atoms with E-state index in [4.69, 9.17) is 11.6 Å². The summed E-state index contributed by atoms with van der Waals surface area (Å²) in [6.45, 7) is 7.04. The third-order valence-electron chi connectivity index (χ3n) is 3.24. The maximum absolute atomic E-state index is 6.12. The topological polar surface area (TPSA) is 0 Å². The minimum Gasteiger partial charge on any atom is -0.123 e. The van der Waals surface area contributed by atoms with Crippen molar-refractivity contribution in [1.82, 2.24) is 0 Å². The molecular weight excluding hydrogens is 156 g/mol. The van der Waals surface area contributed by atoms with Crippen LogP contribution in [-0.4, -0.2) is 5.38 Å². The van der Waals surface area contributed by atoms with E-state index in [1.54, 1.807) is 0 Å². The van der Waals surface area contributed by atoms with Gasteiger partial charge in [0.25, 0.3) is 0 Å². The molecule has 66 valence electrons. The van der Waals surface area contributed by atoms with Crippen molar-refractivity contribution in [2.24, 2.45) is 11.3 Å². The molecule has 0 aromatic rings. The lowest BCUT2D eigenvalue weighted by atomic mass is 9.68. The smallest absolute Gasteiger partial charge is 0.0339 e. The molecule has 0 bridgehead atoms. The molecule has 0 nitrogen and oxygen atoms in total.